The molecule has 0 aliphatic rings. The van der Waals surface area contributed by atoms with E-state index in [-0.39, 0.29) is 4.64 Å². The van der Waals surface area contributed by atoms with Crippen molar-refractivity contribution in [2.24, 2.45) is 0 Å². The van der Waals surface area contributed by atoms with Gasteiger partial charge in [0.05, 0.1) is 7.11 Å². The quantitative estimate of drug-likeness (QED) is 0.792. The zero-order valence-corrected chi connectivity index (χ0v) is 12.9. The molecule has 2 rings (SSSR count). The van der Waals surface area contributed by atoms with Crippen LogP contribution in [-0.4, -0.2) is 20.3 Å². The van der Waals surface area contributed by atoms with E-state index in [1.54, 1.807) is 25.3 Å². The van der Waals surface area contributed by atoms with Crippen molar-refractivity contribution in [3.8, 4) is 5.75 Å². The summed E-state index contributed by atoms with van der Waals surface area (Å²) < 4.78 is 28.4. The summed E-state index contributed by atoms with van der Waals surface area (Å²) >= 11 is 3.40. The van der Waals surface area contributed by atoms with Crippen LogP contribution in [0, 0.1) is 9.85 Å². The summed E-state index contributed by atoms with van der Waals surface area (Å²) in [5.41, 5.74) is 1.27. The third-order valence-corrected chi connectivity index (χ3v) is 4.32. The molecule has 1 aromatic heterocycles. The second kappa shape index (κ2) is 6.15. The van der Waals surface area contributed by atoms with E-state index in [1.807, 2.05) is 6.07 Å². The number of pyridine rings is 1. The monoisotopic (exact) mass is 356 g/mol. The number of hydrogen-bond acceptors (Lipinski definition) is 4. The van der Waals surface area contributed by atoms with Crippen LogP contribution in [0.1, 0.15) is 11.1 Å². The molecule has 2 aromatic rings. The van der Waals surface area contributed by atoms with Gasteiger partial charge in [-0.1, -0.05) is 22.0 Å². The summed E-state index contributed by atoms with van der Waals surface area (Å²) in [5.74, 6) is 0.666. The van der Waals surface area contributed by atoms with Crippen LogP contribution in [0.5, 0.6) is 5.75 Å². The molecular formula is C13H11BrNO4S-. The van der Waals surface area contributed by atoms with Crippen molar-refractivity contribution < 1.29 is 13.2 Å². The summed E-state index contributed by atoms with van der Waals surface area (Å²) in [6.07, 6.45) is 1.47. The van der Waals surface area contributed by atoms with Crippen LogP contribution in [0.2, 0.25) is 0 Å². The Morgan fingerprint density at radius 2 is 2.05 bits per heavy atom. The maximum atomic E-state index is 11.6. The Balaban J connectivity index is 2.57. The fourth-order valence-corrected chi connectivity index (χ4v) is 2.80. The number of rotatable bonds is 3. The highest BCUT2D eigenvalue weighted by Crippen LogP contribution is 2.25. The third kappa shape index (κ3) is 3.05. The van der Waals surface area contributed by atoms with Crippen LogP contribution < -0.4 is 4.74 Å². The minimum Gasteiger partial charge on any atom is -0.805 e. The Labute approximate surface area is 125 Å². The number of halogens is 1. The highest BCUT2D eigenvalue weighted by molar-refractivity contribution is 9.10. The topological polar surface area (TPSA) is 71.4 Å². The molecule has 0 amide bonds. The van der Waals surface area contributed by atoms with E-state index in [0.29, 0.717) is 22.5 Å². The lowest BCUT2D eigenvalue weighted by Gasteiger charge is -2.13. The molecule has 0 saturated heterocycles. The Morgan fingerprint density at radius 3 is 2.70 bits per heavy atom. The van der Waals surface area contributed by atoms with Gasteiger partial charge in [0.15, 0.2) is 4.64 Å². The summed E-state index contributed by atoms with van der Waals surface area (Å²) in [6, 6.07) is 8.54. The fourth-order valence-electron chi connectivity index (χ4n) is 1.85. The third-order valence-electron chi connectivity index (χ3n) is 2.79. The SMILES string of the molecule is COc1ccc(Br)c(Cc2cccn([O-])c2=S(=O)=O)c1. The van der Waals surface area contributed by atoms with E-state index in [2.05, 4.69) is 15.9 Å². The van der Waals surface area contributed by atoms with Gasteiger partial charge in [-0.25, -0.2) is 0 Å². The first-order chi connectivity index (χ1) is 9.52. The van der Waals surface area contributed by atoms with Gasteiger partial charge in [0.1, 0.15) is 5.75 Å². The first-order valence-corrected chi connectivity index (χ1v) is 7.52. The van der Waals surface area contributed by atoms with Crippen molar-refractivity contribution in [3.05, 3.63) is 62.0 Å². The second-order valence-electron chi connectivity index (χ2n) is 4.03. The van der Waals surface area contributed by atoms with Crippen LogP contribution >= 0.6 is 15.9 Å². The number of methoxy groups -OCH3 is 1. The van der Waals surface area contributed by atoms with Crippen molar-refractivity contribution in [2.75, 3.05) is 7.11 Å². The predicted molar refractivity (Wildman–Crippen MR) is 78.9 cm³/mol. The lowest BCUT2D eigenvalue weighted by molar-refractivity contribution is 0.414. The van der Waals surface area contributed by atoms with E-state index >= 15 is 0 Å². The van der Waals surface area contributed by atoms with E-state index in [4.69, 9.17) is 4.74 Å². The number of hydrogen-bond donors (Lipinski definition) is 0. The van der Waals surface area contributed by atoms with E-state index in [0.717, 1.165) is 16.2 Å². The molecule has 0 atom stereocenters. The normalized spacial score (nSPS) is 10.3. The Morgan fingerprint density at radius 1 is 1.30 bits per heavy atom. The lowest BCUT2D eigenvalue weighted by atomic mass is 10.1. The van der Waals surface area contributed by atoms with Gasteiger partial charge in [-0.05, 0) is 41.6 Å². The molecule has 0 radical (unpaired) electrons. The molecule has 0 fully saturated rings. The maximum Gasteiger partial charge on any atom is 0.238 e. The van der Waals surface area contributed by atoms with Crippen LogP contribution in [0.3, 0.4) is 0 Å². The molecule has 7 heteroatoms. The summed E-state index contributed by atoms with van der Waals surface area (Å²) in [5, 5.41) is 11.6. The standard InChI is InChI=1S/C13H11BrNO4S/c1-19-11-4-5-12(14)10(8-11)7-9-3-2-6-15(16)13(9)20(17)18/h2-6,8H,7H2,1H3/q-1. The van der Waals surface area contributed by atoms with E-state index < -0.39 is 10.3 Å². The average molecular weight is 357 g/mol. The molecular weight excluding hydrogens is 346 g/mol. The largest absolute Gasteiger partial charge is 0.805 e. The molecule has 0 aliphatic heterocycles. The molecule has 0 aliphatic carbocycles. The molecule has 20 heavy (non-hydrogen) atoms. The van der Waals surface area contributed by atoms with Gasteiger partial charge >= 0.3 is 0 Å². The summed E-state index contributed by atoms with van der Waals surface area (Å²) in [6.45, 7) is 0. The number of benzene rings is 1. The lowest BCUT2D eigenvalue weighted by Crippen LogP contribution is -2.00. The molecule has 0 N–H and O–H groups in total. The highest BCUT2D eigenvalue weighted by atomic mass is 79.9. The van der Waals surface area contributed by atoms with Gasteiger partial charge < -0.3 is 14.7 Å². The minimum atomic E-state index is -2.59. The molecule has 0 bridgehead atoms. The minimum absolute atomic E-state index is 0.262. The molecule has 0 spiro atoms. The second-order valence-corrected chi connectivity index (χ2v) is 5.74. The summed E-state index contributed by atoms with van der Waals surface area (Å²) in [7, 11) is -1.03. The molecule has 1 aromatic carbocycles. The Bertz CT molecular complexity index is 803. The van der Waals surface area contributed by atoms with Crippen LogP contribution in [0.4, 0.5) is 0 Å². The smallest absolute Gasteiger partial charge is 0.238 e. The zero-order chi connectivity index (χ0) is 14.7. The van der Waals surface area contributed by atoms with Gasteiger partial charge in [0, 0.05) is 10.9 Å². The number of aromatic nitrogens is 1. The Hall–Kier alpha value is -1.73. The first kappa shape index (κ1) is 14.7. The van der Waals surface area contributed by atoms with Crippen LogP contribution in [0.25, 0.3) is 0 Å². The van der Waals surface area contributed by atoms with E-state index in [9.17, 15) is 13.6 Å². The van der Waals surface area contributed by atoms with Gasteiger partial charge in [-0.2, -0.15) is 8.42 Å². The highest BCUT2D eigenvalue weighted by Gasteiger charge is 2.06. The molecule has 0 unspecified atom stereocenters. The molecule has 0 saturated carbocycles. The van der Waals surface area contributed by atoms with Gasteiger partial charge in [-0.3, -0.25) is 0 Å². The Kier molecular flexibility index (Phi) is 4.51. The first-order valence-electron chi connectivity index (χ1n) is 5.65. The maximum absolute atomic E-state index is 11.6. The van der Waals surface area contributed by atoms with Crippen molar-refractivity contribution in [2.45, 2.75) is 6.42 Å². The van der Waals surface area contributed by atoms with E-state index in [1.165, 1.54) is 6.07 Å². The number of nitrogens with zero attached hydrogens (tertiary/aromatic N) is 1. The zero-order valence-electron chi connectivity index (χ0n) is 10.5. The van der Waals surface area contributed by atoms with Crippen molar-refractivity contribution in [1.29, 1.82) is 0 Å². The molecule has 5 nitrogen and oxygen atoms in total. The molecule has 106 valence electrons. The van der Waals surface area contributed by atoms with Gasteiger partial charge in [-0.15, -0.1) is 0 Å². The summed E-state index contributed by atoms with van der Waals surface area (Å²) in [4.78, 5) is 0. The average Bonchev–Trinajstić information content (AvgIpc) is 2.41. The van der Waals surface area contributed by atoms with Crippen molar-refractivity contribution in [3.63, 3.8) is 0 Å². The number of ether oxygens (including phenoxy) is 1. The van der Waals surface area contributed by atoms with Crippen molar-refractivity contribution in [1.82, 2.24) is 4.73 Å². The fraction of sp³-hybridized carbons (Fsp3) is 0.154. The van der Waals surface area contributed by atoms with Gasteiger partial charge in [0.2, 0.25) is 10.3 Å². The van der Waals surface area contributed by atoms with Crippen molar-refractivity contribution >= 4 is 26.2 Å². The van der Waals surface area contributed by atoms with Crippen LogP contribution in [0.15, 0.2) is 41.0 Å². The van der Waals surface area contributed by atoms with Crippen LogP contribution in [-0.2, 0) is 16.7 Å². The van der Waals surface area contributed by atoms with Gasteiger partial charge in [0.25, 0.3) is 0 Å². The molecule has 1 heterocycles. The predicted octanol–water partition coefficient (Wildman–Crippen LogP) is 2.61.